The summed E-state index contributed by atoms with van der Waals surface area (Å²) in [6, 6.07) is 7.50. The van der Waals surface area contributed by atoms with Crippen molar-refractivity contribution in [2.75, 3.05) is 20.8 Å². The number of carbonyl (C=O) groups excluding carboxylic acids is 1. The standard InChI is InChI=1S/C16H19ClN2O2S/c1-10(9-21-4)19(3)16(20)14-11(2)18-15(22-14)12-6-5-7-13(17)8-12/h5-8,10H,9H2,1-4H3/t10-/m1/s1. The van der Waals surface area contributed by atoms with Gasteiger partial charge >= 0.3 is 0 Å². The van der Waals surface area contributed by atoms with E-state index in [1.165, 1.54) is 11.3 Å². The highest BCUT2D eigenvalue weighted by Crippen LogP contribution is 2.30. The van der Waals surface area contributed by atoms with Crippen LogP contribution in [0.15, 0.2) is 24.3 Å². The van der Waals surface area contributed by atoms with Gasteiger partial charge in [-0.25, -0.2) is 4.98 Å². The third-order valence-electron chi connectivity index (χ3n) is 3.45. The Balaban J connectivity index is 2.28. The summed E-state index contributed by atoms with van der Waals surface area (Å²) in [5.41, 5.74) is 1.66. The molecule has 0 aliphatic carbocycles. The number of thiazole rings is 1. The van der Waals surface area contributed by atoms with Crippen molar-refractivity contribution in [3.8, 4) is 10.6 Å². The summed E-state index contributed by atoms with van der Waals surface area (Å²) in [7, 11) is 3.41. The number of benzene rings is 1. The summed E-state index contributed by atoms with van der Waals surface area (Å²) < 4.78 is 5.11. The Morgan fingerprint density at radius 3 is 2.86 bits per heavy atom. The second kappa shape index (κ2) is 7.22. The summed E-state index contributed by atoms with van der Waals surface area (Å²) in [4.78, 5) is 19.5. The van der Waals surface area contributed by atoms with Gasteiger partial charge < -0.3 is 9.64 Å². The first-order valence-electron chi connectivity index (χ1n) is 6.93. The van der Waals surface area contributed by atoms with Crippen LogP contribution >= 0.6 is 22.9 Å². The van der Waals surface area contributed by atoms with E-state index < -0.39 is 0 Å². The summed E-state index contributed by atoms with van der Waals surface area (Å²) >= 11 is 7.41. The summed E-state index contributed by atoms with van der Waals surface area (Å²) in [6.07, 6.45) is 0. The smallest absolute Gasteiger partial charge is 0.265 e. The van der Waals surface area contributed by atoms with Crippen LogP contribution in [0.1, 0.15) is 22.3 Å². The van der Waals surface area contributed by atoms with Crippen LogP contribution in [0.4, 0.5) is 0 Å². The van der Waals surface area contributed by atoms with Gasteiger partial charge in [0.05, 0.1) is 18.3 Å². The average Bonchev–Trinajstić information content (AvgIpc) is 2.88. The number of carbonyl (C=O) groups is 1. The van der Waals surface area contributed by atoms with Gasteiger partial charge in [0, 0.05) is 24.7 Å². The third-order valence-corrected chi connectivity index (χ3v) is 4.88. The zero-order valence-corrected chi connectivity index (χ0v) is 14.7. The highest BCUT2D eigenvalue weighted by molar-refractivity contribution is 7.17. The number of halogens is 1. The topological polar surface area (TPSA) is 42.4 Å². The van der Waals surface area contributed by atoms with Gasteiger partial charge in [-0.1, -0.05) is 23.7 Å². The van der Waals surface area contributed by atoms with E-state index in [0.717, 1.165) is 16.3 Å². The Morgan fingerprint density at radius 2 is 2.23 bits per heavy atom. The molecule has 0 radical (unpaired) electrons. The minimum absolute atomic E-state index is 0.00798. The monoisotopic (exact) mass is 338 g/mol. The fourth-order valence-corrected chi connectivity index (χ4v) is 3.29. The molecule has 2 aromatic rings. The van der Waals surface area contributed by atoms with Gasteiger partial charge in [0.1, 0.15) is 9.88 Å². The molecule has 0 saturated carbocycles. The van der Waals surface area contributed by atoms with Gasteiger partial charge in [-0.2, -0.15) is 0 Å². The van der Waals surface area contributed by atoms with E-state index in [4.69, 9.17) is 16.3 Å². The molecule has 22 heavy (non-hydrogen) atoms. The number of methoxy groups -OCH3 is 1. The lowest BCUT2D eigenvalue weighted by atomic mass is 10.2. The number of aromatic nitrogens is 1. The van der Waals surface area contributed by atoms with Crippen molar-refractivity contribution in [3.63, 3.8) is 0 Å². The highest BCUT2D eigenvalue weighted by atomic mass is 35.5. The third kappa shape index (κ3) is 3.66. The molecular weight excluding hydrogens is 320 g/mol. The molecule has 0 aliphatic heterocycles. The molecule has 1 heterocycles. The molecule has 0 bridgehead atoms. The molecule has 6 heteroatoms. The number of hydrogen-bond donors (Lipinski definition) is 0. The van der Waals surface area contributed by atoms with Crippen LogP contribution in [0.2, 0.25) is 5.02 Å². The van der Waals surface area contributed by atoms with Crippen molar-refractivity contribution in [1.82, 2.24) is 9.88 Å². The van der Waals surface area contributed by atoms with E-state index in [1.54, 1.807) is 19.1 Å². The lowest BCUT2D eigenvalue weighted by Crippen LogP contribution is -2.37. The molecule has 1 aromatic carbocycles. The van der Waals surface area contributed by atoms with Gasteiger partial charge in [-0.05, 0) is 26.0 Å². The van der Waals surface area contributed by atoms with Crippen LogP contribution in [-0.4, -0.2) is 42.6 Å². The van der Waals surface area contributed by atoms with Crippen molar-refractivity contribution in [2.45, 2.75) is 19.9 Å². The van der Waals surface area contributed by atoms with Gasteiger partial charge in [-0.15, -0.1) is 11.3 Å². The zero-order valence-electron chi connectivity index (χ0n) is 13.1. The van der Waals surface area contributed by atoms with Gasteiger partial charge in [0.2, 0.25) is 0 Å². The van der Waals surface area contributed by atoms with Crippen molar-refractivity contribution >= 4 is 28.8 Å². The van der Waals surface area contributed by atoms with Gasteiger partial charge in [0.15, 0.2) is 0 Å². The highest BCUT2D eigenvalue weighted by Gasteiger charge is 2.22. The first kappa shape index (κ1) is 16.9. The van der Waals surface area contributed by atoms with E-state index in [2.05, 4.69) is 4.98 Å². The fraction of sp³-hybridized carbons (Fsp3) is 0.375. The average molecular weight is 339 g/mol. The first-order valence-corrected chi connectivity index (χ1v) is 8.13. The molecule has 0 fully saturated rings. The van der Waals surface area contributed by atoms with Crippen LogP contribution in [0.25, 0.3) is 10.6 Å². The largest absolute Gasteiger partial charge is 0.383 e. The number of hydrogen-bond acceptors (Lipinski definition) is 4. The Morgan fingerprint density at radius 1 is 1.50 bits per heavy atom. The van der Waals surface area contributed by atoms with Crippen LogP contribution < -0.4 is 0 Å². The van der Waals surface area contributed by atoms with Crippen LogP contribution in [0.3, 0.4) is 0 Å². The van der Waals surface area contributed by atoms with E-state index in [1.807, 2.05) is 38.1 Å². The van der Waals surface area contributed by atoms with Crippen LogP contribution in [-0.2, 0) is 4.74 Å². The Kier molecular flexibility index (Phi) is 5.56. The molecule has 2 rings (SSSR count). The maximum Gasteiger partial charge on any atom is 0.265 e. The number of amides is 1. The van der Waals surface area contributed by atoms with E-state index >= 15 is 0 Å². The summed E-state index contributed by atoms with van der Waals surface area (Å²) in [5, 5.41) is 1.46. The normalized spacial score (nSPS) is 12.2. The summed E-state index contributed by atoms with van der Waals surface area (Å²) in [6.45, 7) is 4.31. The van der Waals surface area contributed by atoms with Gasteiger partial charge in [-0.3, -0.25) is 4.79 Å². The molecule has 1 aromatic heterocycles. The zero-order chi connectivity index (χ0) is 16.3. The molecule has 0 unspecified atom stereocenters. The van der Waals surface area contributed by atoms with E-state index in [9.17, 15) is 4.79 Å². The SMILES string of the molecule is COC[C@@H](C)N(C)C(=O)c1sc(-c2cccc(Cl)c2)nc1C. The second-order valence-electron chi connectivity index (χ2n) is 5.16. The second-order valence-corrected chi connectivity index (χ2v) is 6.60. The number of likely N-dealkylation sites (N-methyl/N-ethyl adjacent to an activating group) is 1. The van der Waals surface area contributed by atoms with Crippen molar-refractivity contribution in [1.29, 1.82) is 0 Å². The van der Waals surface area contributed by atoms with Gasteiger partial charge in [0.25, 0.3) is 5.91 Å². The maximum absolute atomic E-state index is 12.6. The van der Waals surface area contributed by atoms with Crippen molar-refractivity contribution in [3.05, 3.63) is 39.9 Å². The molecule has 0 spiro atoms. The van der Waals surface area contributed by atoms with Crippen molar-refractivity contribution in [2.24, 2.45) is 0 Å². The van der Waals surface area contributed by atoms with Crippen LogP contribution in [0.5, 0.6) is 0 Å². The molecule has 1 atom stereocenters. The Bertz CT molecular complexity index is 672. The maximum atomic E-state index is 12.6. The predicted octanol–water partition coefficient (Wildman–Crippen LogP) is 3.88. The predicted molar refractivity (Wildman–Crippen MR) is 90.7 cm³/mol. The molecule has 1 amide bonds. The minimum Gasteiger partial charge on any atom is -0.383 e. The minimum atomic E-state index is -0.0344. The van der Waals surface area contributed by atoms with Crippen LogP contribution in [0, 0.1) is 6.92 Å². The molecular formula is C16H19ClN2O2S. The molecule has 0 saturated heterocycles. The lowest BCUT2D eigenvalue weighted by Gasteiger charge is -2.23. The first-order chi connectivity index (χ1) is 10.4. The lowest BCUT2D eigenvalue weighted by molar-refractivity contribution is 0.0637. The molecule has 4 nitrogen and oxygen atoms in total. The molecule has 118 valence electrons. The summed E-state index contributed by atoms with van der Waals surface area (Å²) in [5.74, 6) is -0.0344. The Labute approximate surface area is 139 Å². The number of ether oxygens (including phenoxy) is 1. The van der Waals surface area contributed by atoms with E-state index in [0.29, 0.717) is 16.5 Å². The Hall–Kier alpha value is -1.43. The van der Waals surface area contributed by atoms with Crippen molar-refractivity contribution < 1.29 is 9.53 Å². The molecule has 0 N–H and O–H groups in total. The van der Waals surface area contributed by atoms with E-state index in [-0.39, 0.29) is 11.9 Å². The fourth-order valence-electron chi connectivity index (χ4n) is 2.05. The molecule has 0 aliphatic rings. The number of nitrogens with zero attached hydrogens (tertiary/aromatic N) is 2. The number of rotatable bonds is 5. The number of aryl methyl sites for hydroxylation is 1. The quantitative estimate of drug-likeness (QED) is 0.830.